The summed E-state index contributed by atoms with van der Waals surface area (Å²) >= 11 is 6.32. The Kier molecular flexibility index (Phi) is 5.48. The van der Waals surface area contributed by atoms with Crippen molar-refractivity contribution >= 4 is 17.4 Å². The standard InChI is InChI=1S/C24H23ClF4N6/c25-16-1-5-19-15(11-16)12-34(17-2-3-17)13-21-31-32-23(35(19)21)14-7-9-33(10-8-14)20-6-4-18(22(26)30-20)24(27,28)29/h1,4-6,11,14,17H,2-3,7-10,12-13H2. The Balaban J connectivity index is 1.25. The van der Waals surface area contributed by atoms with Crippen LogP contribution in [0.25, 0.3) is 5.69 Å². The second-order valence-electron chi connectivity index (χ2n) is 9.49. The van der Waals surface area contributed by atoms with E-state index in [1.807, 2.05) is 23.1 Å². The van der Waals surface area contributed by atoms with Crippen molar-refractivity contribution in [2.45, 2.75) is 56.9 Å². The van der Waals surface area contributed by atoms with Gasteiger partial charge in [0.1, 0.15) is 17.2 Å². The maximum Gasteiger partial charge on any atom is 0.420 e. The summed E-state index contributed by atoms with van der Waals surface area (Å²) in [5, 5.41) is 9.83. The SMILES string of the molecule is Fc1nc(N2CCC(c3nnc4n3-c3ccc(Cl)cc3CN(C3CC3)C4)CC2)ccc1C(F)(F)F. The number of hydrogen-bond acceptors (Lipinski definition) is 5. The lowest BCUT2D eigenvalue weighted by molar-refractivity contribution is -0.140. The van der Waals surface area contributed by atoms with Crippen LogP contribution in [0.2, 0.25) is 5.02 Å². The van der Waals surface area contributed by atoms with Gasteiger partial charge in [-0.1, -0.05) is 11.6 Å². The quantitative estimate of drug-likeness (QED) is 0.355. The van der Waals surface area contributed by atoms with Crippen LogP contribution in [0.4, 0.5) is 23.4 Å². The van der Waals surface area contributed by atoms with Gasteiger partial charge in [-0.25, -0.2) is 4.98 Å². The van der Waals surface area contributed by atoms with Crippen molar-refractivity contribution in [2.75, 3.05) is 18.0 Å². The van der Waals surface area contributed by atoms with E-state index >= 15 is 0 Å². The summed E-state index contributed by atoms with van der Waals surface area (Å²) < 4.78 is 54.8. The lowest BCUT2D eigenvalue weighted by atomic mass is 9.95. The van der Waals surface area contributed by atoms with Crippen LogP contribution in [0, 0.1) is 5.95 Å². The first-order valence-electron chi connectivity index (χ1n) is 11.7. The van der Waals surface area contributed by atoms with Crippen LogP contribution >= 0.6 is 11.6 Å². The average molecular weight is 507 g/mol. The van der Waals surface area contributed by atoms with Gasteiger partial charge in [0.25, 0.3) is 0 Å². The van der Waals surface area contributed by atoms with Crippen LogP contribution in [0.3, 0.4) is 0 Å². The fraction of sp³-hybridized carbons (Fsp3) is 0.458. The molecule has 0 radical (unpaired) electrons. The Morgan fingerprint density at radius 1 is 0.943 bits per heavy atom. The van der Waals surface area contributed by atoms with Gasteiger partial charge >= 0.3 is 6.18 Å². The molecule has 0 N–H and O–H groups in total. The molecule has 1 aliphatic carbocycles. The minimum Gasteiger partial charge on any atom is -0.356 e. The number of halogens is 5. The summed E-state index contributed by atoms with van der Waals surface area (Å²) in [5.41, 5.74) is 0.842. The summed E-state index contributed by atoms with van der Waals surface area (Å²) in [6, 6.07) is 8.48. The largest absolute Gasteiger partial charge is 0.420 e. The molecule has 2 aliphatic heterocycles. The Morgan fingerprint density at radius 3 is 2.40 bits per heavy atom. The molecule has 0 bridgehead atoms. The minimum absolute atomic E-state index is 0.114. The number of alkyl halides is 3. The molecule has 0 spiro atoms. The number of hydrogen-bond donors (Lipinski definition) is 0. The first-order chi connectivity index (χ1) is 16.8. The van der Waals surface area contributed by atoms with E-state index in [1.54, 1.807) is 0 Å². The van der Waals surface area contributed by atoms with Crippen LogP contribution in [0.1, 0.15) is 54.4 Å². The molecule has 1 aromatic carbocycles. The zero-order valence-electron chi connectivity index (χ0n) is 18.8. The van der Waals surface area contributed by atoms with Gasteiger partial charge in [-0.05, 0) is 61.6 Å². The minimum atomic E-state index is -4.76. The number of nitrogens with zero attached hydrogens (tertiary/aromatic N) is 6. The summed E-state index contributed by atoms with van der Waals surface area (Å²) in [6.45, 7) is 2.60. The molecule has 6 rings (SSSR count). The normalized spacial score (nSPS) is 19.4. The third kappa shape index (κ3) is 4.27. The zero-order valence-corrected chi connectivity index (χ0v) is 19.5. The van der Waals surface area contributed by atoms with Crippen LogP contribution < -0.4 is 4.90 Å². The van der Waals surface area contributed by atoms with E-state index < -0.39 is 17.7 Å². The summed E-state index contributed by atoms with van der Waals surface area (Å²) in [4.78, 5) is 7.84. The van der Waals surface area contributed by atoms with Crippen LogP contribution in [-0.2, 0) is 19.3 Å². The predicted molar refractivity (Wildman–Crippen MR) is 122 cm³/mol. The molecule has 2 fully saturated rings. The number of anilines is 1. The second kappa shape index (κ2) is 8.44. The first kappa shape index (κ1) is 22.7. The van der Waals surface area contributed by atoms with Crippen LogP contribution in [0.15, 0.2) is 30.3 Å². The number of benzene rings is 1. The molecule has 3 aromatic rings. The molecule has 11 heteroatoms. The molecule has 0 unspecified atom stereocenters. The number of rotatable bonds is 3. The highest BCUT2D eigenvalue weighted by Crippen LogP contribution is 2.38. The van der Waals surface area contributed by atoms with E-state index in [0.717, 1.165) is 42.1 Å². The summed E-state index contributed by atoms with van der Waals surface area (Å²) in [7, 11) is 0. The van der Waals surface area contributed by atoms with Gasteiger partial charge in [-0.2, -0.15) is 17.6 Å². The van der Waals surface area contributed by atoms with Gasteiger partial charge in [0.15, 0.2) is 5.82 Å². The van der Waals surface area contributed by atoms with E-state index in [-0.39, 0.29) is 11.7 Å². The Bertz CT molecular complexity index is 1260. The van der Waals surface area contributed by atoms with Crippen molar-refractivity contribution in [3.63, 3.8) is 0 Å². The van der Waals surface area contributed by atoms with Crippen molar-refractivity contribution < 1.29 is 17.6 Å². The number of fused-ring (bicyclic) bond motifs is 3. The maximum absolute atomic E-state index is 14.0. The predicted octanol–water partition coefficient (Wildman–Crippen LogP) is 5.34. The summed E-state index contributed by atoms with van der Waals surface area (Å²) in [6.07, 6.45) is -0.971. The molecule has 1 saturated carbocycles. The highest BCUT2D eigenvalue weighted by Gasteiger charge is 2.37. The topological polar surface area (TPSA) is 50.1 Å². The van der Waals surface area contributed by atoms with Crippen LogP contribution in [-0.4, -0.2) is 43.8 Å². The monoisotopic (exact) mass is 506 g/mol. The molecule has 3 aliphatic rings. The van der Waals surface area contributed by atoms with Crippen molar-refractivity contribution in [1.82, 2.24) is 24.6 Å². The summed E-state index contributed by atoms with van der Waals surface area (Å²) in [5.74, 6) is 0.626. The van der Waals surface area contributed by atoms with Gasteiger partial charge < -0.3 is 4.90 Å². The van der Waals surface area contributed by atoms with E-state index in [4.69, 9.17) is 11.6 Å². The van der Waals surface area contributed by atoms with E-state index in [9.17, 15) is 17.6 Å². The fourth-order valence-electron chi connectivity index (χ4n) is 5.19. The smallest absolute Gasteiger partial charge is 0.356 e. The molecule has 0 amide bonds. The van der Waals surface area contributed by atoms with Crippen molar-refractivity contribution in [3.8, 4) is 5.69 Å². The zero-order chi connectivity index (χ0) is 24.3. The lowest BCUT2D eigenvalue weighted by Crippen LogP contribution is -2.34. The lowest BCUT2D eigenvalue weighted by Gasteiger charge is -2.32. The number of piperidine rings is 1. The van der Waals surface area contributed by atoms with Crippen molar-refractivity contribution in [1.29, 1.82) is 0 Å². The Morgan fingerprint density at radius 2 is 1.71 bits per heavy atom. The number of aromatic nitrogens is 4. The van der Waals surface area contributed by atoms with E-state index in [2.05, 4.69) is 24.6 Å². The number of pyridine rings is 1. The highest BCUT2D eigenvalue weighted by molar-refractivity contribution is 6.30. The molecule has 0 atom stereocenters. The van der Waals surface area contributed by atoms with Crippen molar-refractivity contribution in [3.05, 3.63) is 64.1 Å². The van der Waals surface area contributed by atoms with Gasteiger partial charge in [0.05, 0.1) is 12.2 Å². The third-order valence-electron chi connectivity index (χ3n) is 7.14. The Hall–Kier alpha value is -2.72. The van der Waals surface area contributed by atoms with E-state index in [0.29, 0.717) is 37.0 Å². The van der Waals surface area contributed by atoms with Gasteiger partial charge in [0, 0.05) is 36.6 Å². The van der Waals surface area contributed by atoms with Crippen LogP contribution in [0.5, 0.6) is 0 Å². The molecule has 184 valence electrons. The molecule has 35 heavy (non-hydrogen) atoms. The first-order valence-corrected chi connectivity index (χ1v) is 12.1. The molecule has 2 aromatic heterocycles. The Labute approximate surface area is 204 Å². The molecular weight excluding hydrogens is 484 g/mol. The van der Waals surface area contributed by atoms with Gasteiger partial charge in [0.2, 0.25) is 5.95 Å². The van der Waals surface area contributed by atoms with Gasteiger partial charge in [-0.3, -0.25) is 9.47 Å². The van der Waals surface area contributed by atoms with E-state index in [1.165, 1.54) is 18.9 Å². The average Bonchev–Trinajstić information content (AvgIpc) is 3.61. The molecule has 4 heterocycles. The highest BCUT2D eigenvalue weighted by atomic mass is 35.5. The van der Waals surface area contributed by atoms with Gasteiger partial charge in [-0.15, -0.1) is 10.2 Å². The molecular formula is C24H23ClF4N6. The molecule has 1 saturated heterocycles. The third-order valence-corrected chi connectivity index (χ3v) is 7.38. The van der Waals surface area contributed by atoms with Crippen molar-refractivity contribution in [2.24, 2.45) is 0 Å². The molecule has 6 nitrogen and oxygen atoms in total. The maximum atomic E-state index is 14.0. The fourth-order valence-corrected chi connectivity index (χ4v) is 5.39. The second-order valence-corrected chi connectivity index (χ2v) is 9.92.